The standard InChI is InChI=1S/C20H23N5O2/c1-14-5-7-25-17(15(2)22-18(25)12-14)13-23-8-10-24(11-9-23)20(27)16-4-3-6-21-19(16)26/h3-7,12H,8-11,13H2,1-2H3,(H,21,26). The number of nitrogens with zero attached hydrogens (tertiary/aromatic N) is 4. The molecule has 1 aliphatic rings. The SMILES string of the molecule is Cc1ccn2c(CN3CCN(C(=O)c4ccc[nH]c4=O)CC3)c(C)nc2c1. The molecule has 0 atom stereocenters. The van der Waals surface area contributed by atoms with Gasteiger partial charge in [-0.05, 0) is 43.7 Å². The molecule has 0 saturated carbocycles. The summed E-state index contributed by atoms with van der Waals surface area (Å²) in [6, 6.07) is 7.44. The quantitative estimate of drug-likeness (QED) is 0.765. The van der Waals surface area contributed by atoms with Crippen molar-refractivity contribution in [3.05, 3.63) is 69.5 Å². The number of carbonyl (C=O) groups excluding carboxylic acids is 1. The van der Waals surface area contributed by atoms with Gasteiger partial charge in [-0.3, -0.25) is 14.5 Å². The summed E-state index contributed by atoms with van der Waals surface area (Å²) in [5, 5.41) is 0. The van der Waals surface area contributed by atoms with Gasteiger partial charge in [0.05, 0.1) is 11.4 Å². The molecular weight excluding hydrogens is 342 g/mol. The Kier molecular flexibility index (Phi) is 4.53. The minimum Gasteiger partial charge on any atom is -0.336 e. The Labute approximate surface area is 157 Å². The van der Waals surface area contributed by atoms with Crippen LogP contribution in [-0.4, -0.2) is 56.3 Å². The maximum Gasteiger partial charge on any atom is 0.260 e. The van der Waals surface area contributed by atoms with E-state index in [2.05, 4.69) is 44.5 Å². The van der Waals surface area contributed by atoms with E-state index in [1.807, 2.05) is 6.92 Å². The smallest absolute Gasteiger partial charge is 0.260 e. The van der Waals surface area contributed by atoms with Gasteiger partial charge < -0.3 is 14.3 Å². The summed E-state index contributed by atoms with van der Waals surface area (Å²) in [5.41, 5.74) is 4.27. The lowest BCUT2D eigenvalue weighted by Gasteiger charge is -2.34. The summed E-state index contributed by atoms with van der Waals surface area (Å²) >= 11 is 0. The summed E-state index contributed by atoms with van der Waals surface area (Å²) in [7, 11) is 0. The van der Waals surface area contributed by atoms with E-state index in [1.54, 1.807) is 17.0 Å². The number of carbonyl (C=O) groups is 1. The van der Waals surface area contributed by atoms with Crippen LogP contribution in [0.25, 0.3) is 5.65 Å². The maximum absolute atomic E-state index is 12.6. The van der Waals surface area contributed by atoms with Crippen molar-refractivity contribution in [1.82, 2.24) is 24.2 Å². The number of aromatic nitrogens is 3. The van der Waals surface area contributed by atoms with E-state index in [1.165, 1.54) is 17.5 Å². The van der Waals surface area contributed by atoms with Gasteiger partial charge in [-0.15, -0.1) is 0 Å². The fraction of sp³-hybridized carbons (Fsp3) is 0.350. The fourth-order valence-electron chi connectivity index (χ4n) is 3.59. The van der Waals surface area contributed by atoms with Crippen molar-refractivity contribution in [3.8, 4) is 0 Å². The lowest BCUT2D eigenvalue weighted by atomic mass is 10.2. The van der Waals surface area contributed by atoms with Gasteiger partial charge in [0.25, 0.3) is 11.5 Å². The monoisotopic (exact) mass is 365 g/mol. The normalized spacial score (nSPS) is 15.4. The molecule has 4 rings (SSSR count). The first-order valence-electron chi connectivity index (χ1n) is 9.16. The van der Waals surface area contributed by atoms with Crippen LogP contribution in [0, 0.1) is 13.8 Å². The molecule has 1 N–H and O–H groups in total. The molecule has 0 radical (unpaired) electrons. The predicted molar refractivity (Wildman–Crippen MR) is 103 cm³/mol. The zero-order chi connectivity index (χ0) is 19.0. The number of aromatic amines is 1. The molecule has 27 heavy (non-hydrogen) atoms. The summed E-state index contributed by atoms with van der Waals surface area (Å²) < 4.78 is 2.14. The highest BCUT2D eigenvalue weighted by Crippen LogP contribution is 2.17. The molecule has 4 heterocycles. The number of fused-ring (bicyclic) bond motifs is 1. The summed E-state index contributed by atoms with van der Waals surface area (Å²) in [4.78, 5) is 35.7. The Hall–Kier alpha value is -2.93. The van der Waals surface area contributed by atoms with Crippen molar-refractivity contribution in [2.45, 2.75) is 20.4 Å². The zero-order valence-corrected chi connectivity index (χ0v) is 15.6. The van der Waals surface area contributed by atoms with E-state index in [-0.39, 0.29) is 17.0 Å². The highest BCUT2D eigenvalue weighted by molar-refractivity contribution is 5.93. The van der Waals surface area contributed by atoms with Crippen LogP contribution in [0.2, 0.25) is 0 Å². The fourth-order valence-corrected chi connectivity index (χ4v) is 3.59. The highest BCUT2D eigenvalue weighted by atomic mass is 16.2. The number of H-pyrrole nitrogens is 1. The number of piperazine rings is 1. The van der Waals surface area contributed by atoms with Crippen LogP contribution in [0.1, 0.15) is 27.3 Å². The molecular formula is C20H23N5O2. The molecule has 3 aromatic rings. The van der Waals surface area contributed by atoms with Crippen molar-refractivity contribution in [3.63, 3.8) is 0 Å². The maximum atomic E-state index is 12.6. The first-order valence-corrected chi connectivity index (χ1v) is 9.16. The Morgan fingerprint density at radius 3 is 2.70 bits per heavy atom. The van der Waals surface area contributed by atoms with Crippen molar-refractivity contribution in [2.24, 2.45) is 0 Å². The third-order valence-electron chi connectivity index (χ3n) is 5.16. The first-order chi connectivity index (χ1) is 13.0. The number of nitrogens with one attached hydrogen (secondary N) is 1. The summed E-state index contributed by atoms with van der Waals surface area (Å²) in [6.45, 7) is 7.68. The minimum atomic E-state index is -0.332. The third kappa shape index (κ3) is 3.38. The minimum absolute atomic E-state index is 0.196. The number of hydrogen-bond acceptors (Lipinski definition) is 4. The van der Waals surface area contributed by atoms with Gasteiger partial charge in [-0.1, -0.05) is 0 Å². The van der Waals surface area contributed by atoms with Crippen LogP contribution in [-0.2, 0) is 6.54 Å². The second kappa shape index (κ2) is 7.00. The molecule has 1 fully saturated rings. The first kappa shape index (κ1) is 17.5. The molecule has 0 aromatic carbocycles. The van der Waals surface area contributed by atoms with Crippen LogP contribution in [0.3, 0.4) is 0 Å². The molecule has 1 amide bonds. The molecule has 0 bridgehead atoms. The van der Waals surface area contributed by atoms with Crippen LogP contribution >= 0.6 is 0 Å². The molecule has 0 spiro atoms. The Morgan fingerprint density at radius 2 is 1.96 bits per heavy atom. The van der Waals surface area contributed by atoms with Crippen molar-refractivity contribution < 1.29 is 4.79 Å². The van der Waals surface area contributed by atoms with Gasteiger partial charge in [0.1, 0.15) is 11.2 Å². The molecule has 1 saturated heterocycles. The Balaban J connectivity index is 1.45. The number of amides is 1. The van der Waals surface area contributed by atoms with Gasteiger partial charge >= 0.3 is 0 Å². The highest BCUT2D eigenvalue weighted by Gasteiger charge is 2.24. The number of rotatable bonds is 3. The van der Waals surface area contributed by atoms with Gasteiger partial charge in [0, 0.05) is 45.1 Å². The largest absolute Gasteiger partial charge is 0.336 e. The number of aryl methyl sites for hydroxylation is 2. The van der Waals surface area contributed by atoms with Gasteiger partial charge in [0.2, 0.25) is 0 Å². The second-order valence-corrected chi connectivity index (χ2v) is 7.06. The second-order valence-electron chi connectivity index (χ2n) is 7.06. The summed E-state index contributed by atoms with van der Waals surface area (Å²) in [5.74, 6) is -0.196. The van der Waals surface area contributed by atoms with Crippen molar-refractivity contribution in [1.29, 1.82) is 0 Å². The van der Waals surface area contributed by atoms with Gasteiger partial charge in [-0.25, -0.2) is 4.98 Å². The Morgan fingerprint density at radius 1 is 1.19 bits per heavy atom. The van der Waals surface area contributed by atoms with Crippen LogP contribution in [0.15, 0.2) is 41.5 Å². The van der Waals surface area contributed by atoms with E-state index in [0.29, 0.717) is 13.1 Å². The van der Waals surface area contributed by atoms with Crippen molar-refractivity contribution in [2.75, 3.05) is 26.2 Å². The van der Waals surface area contributed by atoms with E-state index >= 15 is 0 Å². The van der Waals surface area contributed by atoms with E-state index in [4.69, 9.17) is 0 Å². The van der Waals surface area contributed by atoms with E-state index in [0.717, 1.165) is 31.0 Å². The summed E-state index contributed by atoms with van der Waals surface area (Å²) in [6.07, 6.45) is 3.61. The predicted octanol–water partition coefficient (Wildman–Crippen LogP) is 1.60. The van der Waals surface area contributed by atoms with E-state index in [9.17, 15) is 9.59 Å². The Bertz CT molecular complexity index is 1040. The molecule has 7 nitrogen and oxygen atoms in total. The van der Waals surface area contributed by atoms with Crippen molar-refractivity contribution >= 4 is 11.6 Å². The molecule has 140 valence electrons. The number of imidazole rings is 1. The van der Waals surface area contributed by atoms with Gasteiger partial charge in [-0.2, -0.15) is 0 Å². The zero-order valence-electron chi connectivity index (χ0n) is 15.6. The lowest BCUT2D eigenvalue weighted by Crippen LogP contribution is -2.49. The number of hydrogen-bond donors (Lipinski definition) is 1. The number of pyridine rings is 2. The molecule has 0 unspecified atom stereocenters. The lowest BCUT2D eigenvalue weighted by molar-refractivity contribution is 0.0624. The molecule has 3 aromatic heterocycles. The molecule has 1 aliphatic heterocycles. The van der Waals surface area contributed by atoms with Crippen LogP contribution < -0.4 is 5.56 Å². The van der Waals surface area contributed by atoms with Crippen LogP contribution in [0.4, 0.5) is 0 Å². The topological polar surface area (TPSA) is 73.7 Å². The van der Waals surface area contributed by atoms with Crippen LogP contribution in [0.5, 0.6) is 0 Å². The third-order valence-corrected chi connectivity index (χ3v) is 5.16. The average molecular weight is 365 g/mol. The molecule has 0 aliphatic carbocycles. The van der Waals surface area contributed by atoms with E-state index < -0.39 is 0 Å². The molecule has 7 heteroatoms. The average Bonchev–Trinajstić information content (AvgIpc) is 2.96. The van der Waals surface area contributed by atoms with Gasteiger partial charge in [0.15, 0.2) is 0 Å².